The number of alkyl halides is 3. The van der Waals surface area contributed by atoms with E-state index in [1.165, 1.54) is 18.5 Å². The first-order valence-electron chi connectivity index (χ1n) is 5.29. The summed E-state index contributed by atoms with van der Waals surface area (Å²) in [7, 11) is 0. The van der Waals surface area contributed by atoms with Crippen molar-refractivity contribution in [1.82, 2.24) is 9.97 Å². The minimum absolute atomic E-state index is 0.254. The molecule has 0 spiro atoms. The third-order valence-corrected chi connectivity index (χ3v) is 2.86. The number of nitrogens with one attached hydrogen (secondary N) is 1. The molecule has 0 bridgehead atoms. The highest BCUT2D eigenvalue weighted by atomic mass is 35.5. The van der Waals surface area contributed by atoms with Gasteiger partial charge in [0.1, 0.15) is 17.3 Å². The van der Waals surface area contributed by atoms with E-state index in [0.29, 0.717) is 11.4 Å². The molecule has 0 amide bonds. The van der Waals surface area contributed by atoms with Crippen LogP contribution in [0.1, 0.15) is 11.1 Å². The molecule has 100 valence electrons. The van der Waals surface area contributed by atoms with Gasteiger partial charge in [0.25, 0.3) is 0 Å². The molecular formula is C12H9ClF3N3. The largest absolute Gasteiger partial charge is 0.416 e. The Morgan fingerprint density at radius 1 is 1.21 bits per heavy atom. The van der Waals surface area contributed by atoms with Gasteiger partial charge >= 0.3 is 6.18 Å². The molecule has 0 unspecified atom stereocenters. The second-order valence-electron chi connectivity index (χ2n) is 3.84. The summed E-state index contributed by atoms with van der Waals surface area (Å²) in [5.74, 6) is 0.374. The molecule has 1 aromatic carbocycles. The quantitative estimate of drug-likeness (QED) is 0.841. The maximum absolute atomic E-state index is 12.6. The van der Waals surface area contributed by atoms with Gasteiger partial charge in [-0.1, -0.05) is 17.7 Å². The number of aromatic nitrogens is 2. The predicted octanol–water partition coefficient (Wildman–Crippen LogP) is 4.20. The average molecular weight is 288 g/mol. The highest BCUT2D eigenvalue weighted by Gasteiger charge is 2.30. The van der Waals surface area contributed by atoms with E-state index in [9.17, 15) is 13.2 Å². The summed E-state index contributed by atoms with van der Waals surface area (Å²) in [6.07, 6.45) is -3.14. The van der Waals surface area contributed by atoms with Gasteiger partial charge in [0.05, 0.1) is 5.56 Å². The van der Waals surface area contributed by atoms with Crippen molar-refractivity contribution in [2.45, 2.75) is 13.1 Å². The Balaban J connectivity index is 2.31. The van der Waals surface area contributed by atoms with Crippen LogP contribution in [0.5, 0.6) is 0 Å². The van der Waals surface area contributed by atoms with Crippen molar-refractivity contribution in [3.63, 3.8) is 0 Å². The first kappa shape index (κ1) is 13.6. The molecule has 0 radical (unpaired) electrons. The number of rotatable bonds is 2. The number of nitrogens with zero attached hydrogens (tertiary/aromatic N) is 2. The van der Waals surface area contributed by atoms with Crippen molar-refractivity contribution in [2.75, 3.05) is 5.32 Å². The molecule has 0 saturated heterocycles. The van der Waals surface area contributed by atoms with Gasteiger partial charge in [-0.25, -0.2) is 9.97 Å². The van der Waals surface area contributed by atoms with E-state index in [1.807, 2.05) is 0 Å². The van der Waals surface area contributed by atoms with Crippen molar-refractivity contribution >= 4 is 23.1 Å². The molecule has 0 aliphatic rings. The molecule has 19 heavy (non-hydrogen) atoms. The van der Waals surface area contributed by atoms with E-state index in [-0.39, 0.29) is 10.8 Å². The first-order valence-corrected chi connectivity index (χ1v) is 5.67. The fourth-order valence-corrected chi connectivity index (χ4v) is 1.60. The van der Waals surface area contributed by atoms with Crippen LogP contribution >= 0.6 is 11.6 Å². The summed E-state index contributed by atoms with van der Waals surface area (Å²) in [4.78, 5) is 7.71. The SMILES string of the molecule is Cc1c(Cl)ncnc1Nc1cccc(C(F)(F)F)c1. The van der Waals surface area contributed by atoms with E-state index in [1.54, 1.807) is 6.92 Å². The molecule has 1 N–H and O–H groups in total. The molecular weight excluding hydrogens is 279 g/mol. The summed E-state index contributed by atoms with van der Waals surface area (Å²) < 4.78 is 37.7. The molecule has 0 aliphatic heterocycles. The summed E-state index contributed by atoms with van der Waals surface area (Å²) >= 11 is 5.81. The highest BCUT2D eigenvalue weighted by molar-refractivity contribution is 6.30. The summed E-state index contributed by atoms with van der Waals surface area (Å²) in [6, 6.07) is 4.86. The number of anilines is 2. The van der Waals surface area contributed by atoms with Gasteiger partial charge in [-0.3, -0.25) is 0 Å². The van der Waals surface area contributed by atoms with Gasteiger partial charge in [-0.2, -0.15) is 13.2 Å². The van der Waals surface area contributed by atoms with Crippen LogP contribution in [-0.4, -0.2) is 9.97 Å². The number of hydrogen-bond acceptors (Lipinski definition) is 3. The Morgan fingerprint density at radius 3 is 2.63 bits per heavy atom. The Hall–Kier alpha value is -1.82. The zero-order valence-corrected chi connectivity index (χ0v) is 10.5. The topological polar surface area (TPSA) is 37.8 Å². The zero-order chi connectivity index (χ0) is 14.0. The maximum atomic E-state index is 12.6. The Bertz CT molecular complexity index is 599. The normalized spacial score (nSPS) is 11.4. The van der Waals surface area contributed by atoms with Crippen LogP contribution in [0.3, 0.4) is 0 Å². The standard InChI is InChI=1S/C12H9ClF3N3/c1-7-10(13)17-6-18-11(7)19-9-4-2-3-8(5-9)12(14,15)16/h2-6H,1H3,(H,17,18,19). The van der Waals surface area contributed by atoms with Crippen molar-refractivity contribution in [1.29, 1.82) is 0 Å². The Morgan fingerprint density at radius 2 is 1.95 bits per heavy atom. The van der Waals surface area contributed by atoms with E-state index >= 15 is 0 Å². The van der Waals surface area contributed by atoms with Gasteiger partial charge in [-0.15, -0.1) is 0 Å². The molecule has 0 atom stereocenters. The molecule has 2 aromatic rings. The van der Waals surface area contributed by atoms with Crippen LogP contribution in [0.2, 0.25) is 5.15 Å². The third-order valence-electron chi connectivity index (χ3n) is 2.48. The van der Waals surface area contributed by atoms with Gasteiger partial charge < -0.3 is 5.32 Å². The Labute approximate surface area is 112 Å². The van der Waals surface area contributed by atoms with Crippen LogP contribution in [0.4, 0.5) is 24.7 Å². The van der Waals surface area contributed by atoms with Crippen LogP contribution in [0, 0.1) is 6.92 Å². The van der Waals surface area contributed by atoms with E-state index in [2.05, 4.69) is 15.3 Å². The van der Waals surface area contributed by atoms with Gasteiger partial charge in [-0.05, 0) is 25.1 Å². The van der Waals surface area contributed by atoms with Crippen molar-refractivity contribution < 1.29 is 13.2 Å². The van der Waals surface area contributed by atoms with Crippen LogP contribution in [0.15, 0.2) is 30.6 Å². The molecule has 0 saturated carbocycles. The number of benzene rings is 1. The Kier molecular flexibility index (Phi) is 3.61. The lowest BCUT2D eigenvalue weighted by molar-refractivity contribution is -0.137. The second-order valence-corrected chi connectivity index (χ2v) is 4.20. The monoisotopic (exact) mass is 287 g/mol. The van der Waals surface area contributed by atoms with Gasteiger partial charge in [0, 0.05) is 11.3 Å². The molecule has 1 heterocycles. The molecule has 0 fully saturated rings. The molecule has 0 aliphatic carbocycles. The van der Waals surface area contributed by atoms with Crippen LogP contribution < -0.4 is 5.32 Å². The summed E-state index contributed by atoms with van der Waals surface area (Å²) in [6.45, 7) is 1.68. The molecule has 2 rings (SSSR count). The molecule has 1 aromatic heterocycles. The number of hydrogen-bond donors (Lipinski definition) is 1. The number of halogens is 4. The fraction of sp³-hybridized carbons (Fsp3) is 0.167. The lowest BCUT2D eigenvalue weighted by Crippen LogP contribution is -2.05. The molecule has 3 nitrogen and oxygen atoms in total. The summed E-state index contributed by atoms with van der Waals surface area (Å²) in [5, 5.41) is 3.04. The average Bonchev–Trinajstić information content (AvgIpc) is 2.34. The predicted molar refractivity (Wildman–Crippen MR) is 66.5 cm³/mol. The van der Waals surface area contributed by atoms with E-state index < -0.39 is 11.7 Å². The highest BCUT2D eigenvalue weighted by Crippen LogP contribution is 2.31. The molecule has 7 heteroatoms. The smallest absolute Gasteiger partial charge is 0.340 e. The summed E-state index contributed by atoms with van der Waals surface area (Å²) in [5.41, 5.74) is 0.129. The zero-order valence-electron chi connectivity index (χ0n) is 9.79. The van der Waals surface area contributed by atoms with Crippen molar-refractivity contribution in [3.05, 3.63) is 46.9 Å². The third kappa shape index (κ3) is 3.14. The van der Waals surface area contributed by atoms with Gasteiger partial charge in [0.2, 0.25) is 0 Å². The first-order chi connectivity index (χ1) is 8.88. The maximum Gasteiger partial charge on any atom is 0.416 e. The van der Waals surface area contributed by atoms with Crippen molar-refractivity contribution in [2.24, 2.45) is 0 Å². The van der Waals surface area contributed by atoms with Crippen LogP contribution in [-0.2, 0) is 6.18 Å². The fourth-order valence-electron chi connectivity index (χ4n) is 1.46. The second kappa shape index (κ2) is 5.05. The van der Waals surface area contributed by atoms with E-state index in [0.717, 1.165) is 12.1 Å². The minimum Gasteiger partial charge on any atom is -0.340 e. The van der Waals surface area contributed by atoms with E-state index in [4.69, 9.17) is 11.6 Å². The van der Waals surface area contributed by atoms with Crippen molar-refractivity contribution in [3.8, 4) is 0 Å². The van der Waals surface area contributed by atoms with Crippen LogP contribution in [0.25, 0.3) is 0 Å². The lowest BCUT2D eigenvalue weighted by Gasteiger charge is -2.11. The van der Waals surface area contributed by atoms with Gasteiger partial charge in [0.15, 0.2) is 0 Å². The minimum atomic E-state index is -4.38. The lowest BCUT2D eigenvalue weighted by atomic mass is 10.2.